The van der Waals surface area contributed by atoms with Crippen LogP contribution in [-0.2, 0) is 38.1 Å². The van der Waals surface area contributed by atoms with Crippen LogP contribution >= 0.6 is 0 Å². The molecule has 7 saturated carbocycles. The van der Waals surface area contributed by atoms with Crippen molar-refractivity contribution in [3.63, 3.8) is 0 Å². The standard InChI is InChI=1S/C69H114O8/c1-6-9-11-13-18-23-29-52-35-36-53(30-24-19-14-16-21-27-33-67(71)76-48-57-42-55-44-63(57)65-40-51(38-61(55)65)46-77-69(73)49(4)5)59(58(52)31-25-12-10-7-2)32-26-20-15-17-22-28-34-68(72)75-47-56-41-54-43-62(56)64-39-50(37-60(54)64)45-74-66(70)8-3/h8,50-65H,3-4,6-7,9-48H2,1-2,5H3/t50?,51?,52?,53?,54?,55?,56?,57?,58?,59?,60-,61?,62?,63?,64-,65?/m0/s1. The number of unbranched alkanes of at least 4 members (excludes halogenated alkanes) is 18. The van der Waals surface area contributed by atoms with Gasteiger partial charge in [0.2, 0.25) is 0 Å². The van der Waals surface area contributed by atoms with Crippen molar-refractivity contribution >= 4 is 23.9 Å². The Labute approximate surface area is 470 Å². The van der Waals surface area contributed by atoms with Crippen molar-refractivity contribution in [2.24, 2.45) is 94.7 Å². The van der Waals surface area contributed by atoms with Crippen LogP contribution in [0.2, 0.25) is 0 Å². The normalized spacial score (nSPS) is 32.5. The average Bonchev–Trinajstić information content (AvgIpc) is 4.37. The van der Waals surface area contributed by atoms with Crippen LogP contribution in [0.25, 0.3) is 0 Å². The minimum Gasteiger partial charge on any atom is -0.465 e. The first-order valence-electron chi connectivity index (χ1n) is 33.5. The molecule has 0 aromatic rings. The predicted molar refractivity (Wildman–Crippen MR) is 311 cm³/mol. The molecule has 14 unspecified atom stereocenters. The van der Waals surface area contributed by atoms with Gasteiger partial charge in [-0.25, -0.2) is 9.59 Å². The molecular formula is C69H114O8. The molecule has 8 nitrogen and oxygen atoms in total. The molecule has 438 valence electrons. The van der Waals surface area contributed by atoms with Gasteiger partial charge in [0.05, 0.1) is 26.4 Å². The summed E-state index contributed by atoms with van der Waals surface area (Å²) in [5.41, 5.74) is 0.477. The fourth-order valence-corrected chi connectivity index (χ4v) is 18.3. The van der Waals surface area contributed by atoms with E-state index in [1.807, 2.05) is 0 Å². The van der Waals surface area contributed by atoms with E-state index in [4.69, 9.17) is 18.9 Å². The van der Waals surface area contributed by atoms with Gasteiger partial charge in [-0.05, 0) is 192 Å². The summed E-state index contributed by atoms with van der Waals surface area (Å²) in [7, 11) is 0. The Morgan fingerprint density at radius 1 is 0.416 bits per heavy atom. The molecule has 0 heterocycles. The van der Waals surface area contributed by atoms with E-state index in [2.05, 4.69) is 27.0 Å². The molecule has 0 aromatic heterocycles. The van der Waals surface area contributed by atoms with Crippen molar-refractivity contribution in [1.29, 1.82) is 0 Å². The number of carbonyl (C=O) groups is 4. The van der Waals surface area contributed by atoms with Gasteiger partial charge in [0.25, 0.3) is 0 Å². The first-order valence-corrected chi connectivity index (χ1v) is 33.5. The van der Waals surface area contributed by atoms with Gasteiger partial charge in [-0.1, -0.05) is 168 Å². The minimum absolute atomic E-state index is 0.00657. The van der Waals surface area contributed by atoms with Crippen LogP contribution in [-0.4, -0.2) is 50.3 Å². The lowest BCUT2D eigenvalue weighted by Gasteiger charge is -2.44. The highest BCUT2D eigenvalue weighted by Crippen LogP contribution is 2.63. The van der Waals surface area contributed by atoms with Gasteiger partial charge >= 0.3 is 23.9 Å². The van der Waals surface area contributed by atoms with Crippen molar-refractivity contribution in [1.82, 2.24) is 0 Å². The zero-order valence-electron chi connectivity index (χ0n) is 49.7. The molecule has 7 aliphatic rings. The Bertz CT molecular complexity index is 1790. The van der Waals surface area contributed by atoms with Gasteiger partial charge in [0.1, 0.15) is 0 Å². The third-order valence-corrected chi connectivity index (χ3v) is 22.1. The fraction of sp³-hybridized carbons (Fsp3) is 0.884. The molecule has 0 N–H and O–H groups in total. The van der Waals surface area contributed by atoms with Crippen molar-refractivity contribution in [3.8, 4) is 0 Å². The van der Waals surface area contributed by atoms with Crippen molar-refractivity contribution in [2.45, 2.75) is 265 Å². The first kappa shape index (κ1) is 62.0. The molecule has 4 bridgehead atoms. The number of hydrogen-bond donors (Lipinski definition) is 0. The van der Waals surface area contributed by atoms with Crippen LogP contribution in [0.1, 0.15) is 265 Å². The summed E-state index contributed by atoms with van der Waals surface area (Å²) in [6, 6.07) is 0. The Morgan fingerprint density at radius 3 is 1.25 bits per heavy atom. The van der Waals surface area contributed by atoms with Crippen LogP contribution in [0.15, 0.2) is 24.8 Å². The molecule has 7 aliphatic carbocycles. The van der Waals surface area contributed by atoms with Crippen LogP contribution in [0.4, 0.5) is 0 Å². The topological polar surface area (TPSA) is 105 Å². The Kier molecular flexibility index (Phi) is 26.8. The second-order valence-electron chi connectivity index (χ2n) is 27.4. The van der Waals surface area contributed by atoms with E-state index in [1.165, 1.54) is 199 Å². The lowest BCUT2D eigenvalue weighted by atomic mass is 9.61. The molecule has 0 radical (unpaired) electrons. The summed E-state index contributed by atoms with van der Waals surface area (Å²) in [4.78, 5) is 49.4. The highest BCUT2D eigenvalue weighted by molar-refractivity contribution is 5.86. The summed E-state index contributed by atoms with van der Waals surface area (Å²) in [5.74, 6) is 10.8. The maximum absolute atomic E-state index is 12.9. The van der Waals surface area contributed by atoms with Crippen molar-refractivity contribution < 1.29 is 38.1 Å². The Hall–Kier alpha value is -2.64. The van der Waals surface area contributed by atoms with Crippen LogP contribution in [0.3, 0.4) is 0 Å². The largest absolute Gasteiger partial charge is 0.465 e. The number of fused-ring (bicyclic) bond motifs is 10. The first-order chi connectivity index (χ1) is 37.6. The number of rotatable bonds is 40. The summed E-state index contributed by atoms with van der Waals surface area (Å²) >= 11 is 0. The molecule has 0 saturated heterocycles. The molecule has 16 atom stereocenters. The number of hydrogen-bond acceptors (Lipinski definition) is 8. The summed E-state index contributed by atoms with van der Waals surface area (Å²) in [6.07, 6.45) is 49.2. The summed E-state index contributed by atoms with van der Waals surface area (Å²) in [6.45, 7) is 15.9. The van der Waals surface area contributed by atoms with Crippen molar-refractivity contribution in [3.05, 3.63) is 24.8 Å². The van der Waals surface area contributed by atoms with Gasteiger partial charge in [-0.3, -0.25) is 9.59 Å². The predicted octanol–water partition coefficient (Wildman–Crippen LogP) is 17.7. The van der Waals surface area contributed by atoms with E-state index in [1.54, 1.807) is 6.92 Å². The van der Waals surface area contributed by atoms with E-state index >= 15 is 0 Å². The lowest BCUT2D eigenvalue weighted by molar-refractivity contribution is -0.147. The van der Waals surface area contributed by atoms with E-state index in [-0.39, 0.29) is 23.9 Å². The Morgan fingerprint density at radius 2 is 0.805 bits per heavy atom. The summed E-state index contributed by atoms with van der Waals surface area (Å²) < 4.78 is 22.8. The molecule has 0 aliphatic heterocycles. The third-order valence-electron chi connectivity index (χ3n) is 22.1. The van der Waals surface area contributed by atoms with Gasteiger partial charge in [-0.2, -0.15) is 0 Å². The number of esters is 4. The zero-order chi connectivity index (χ0) is 54.4. The number of carbonyl (C=O) groups excluding carboxylic acids is 4. The monoisotopic (exact) mass is 1070 g/mol. The molecule has 7 fully saturated rings. The van der Waals surface area contributed by atoms with Crippen molar-refractivity contribution in [2.75, 3.05) is 26.4 Å². The van der Waals surface area contributed by atoms with Gasteiger partial charge < -0.3 is 18.9 Å². The minimum atomic E-state index is -0.311. The third kappa shape index (κ3) is 19.0. The second kappa shape index (κ2) is 33.3. The van der Waals surface area contributed by atoms with E-state index in [0.717, 1.165) is 85.9 Å². The highest BCUT2D eigenvalue weighted by atomic mass is 16.5. The highest BCUT2D eigenvalue weighted by Gasteiger charge is 2.57. The second-order valence-corrected chi connectivity index (χ2v) is 27.4. The molecular weight excluding hydrogens is 957 g/mol. The van der Waals surface area contributed by atoms with Crippen LogP contribution in [0, 0.1) is 94.7 Å². The molecule has 77 heavy (non-hydrogen) atoms. The van der Waals surface area contributed by atoms with E-state index < -0.39 is 0 Å². The lowest BCUT2D eigenvalue weighted by Crippen LogP contribution is -2.35. The smallest absolute Gasteiger partial charge is 0.333 e. The SMILES string of the molecule is C=CC(=O)OCC1C[C@@H]2C3CC(CC3COC(=O)CCCCCCCCC3C(CCCCCCCCC(=O)OCC4CC5CC4C4CC(COC(=O)C(=C)C)CC54)CCC(CCCCCCCC)C3CCCCCC)[C@@H]2C1. The van der Waals surface area contributed by atoms with Gasteiger partial charge in [0, 0.05) is 24.5 Å². The summed E-state index contributed by atoms with van der Waals surface area (Å²) in [5, 5.41) is 0. The molecule has 0 aromatic carbocycles. The zero-order valence-corrected chi connectivity index (χ0v) is 49.7. The van der Waals surface area contributed by atoms with Gasteiger partial charge in [0.15, 0.2) is 0 Å². The quantitative estimate of drug-likeness (QED) is 0.0259. The fourth-order valence-electron chi connectivity index (χ4n) is 18.3. The molecule has 8 heteroatoms. The molecule has 0 spiro atoms. The maximum atomic E-state index is 12.9. The van der Waals surface area contributed by atoms with E-state index in [9.17, 15) is 19.2 Å². The number of ether oxygens (including phenoxy) is 4. The Balaban J connectivity index is 0.762. The van der Waals surface area contributed by atoms with Crippen LogP contribution < -0.4 is 0 Å². The average molecular weight is 1070 g/mol. The molecule has 7 rings (SSSR count). The van der Waals surface area contributed by atoms with E-state index in [0.29, 0.717) is 92.2 Å². The van der Waals surface area contributed by atoms with Crippen LogP contribution in [0.5, 0.6) is 0 Å². The van der Waals surface area contributed by atoms with Gasteiger partial charge in [-0.15, -0.1) is 0 Å². The maximum Gasteiger partial charge on any atom is 0.333 e. The molecule has 0 amide bonds.